The normalized spacial score (nSPS) is 15.0. The SMILES string of the molecule is CC(C)(C)OC(=O)N1CCC(c2cc(N(S)SF)n3ncc(-c4cnc5ccccc5c4)c3n2)CC1. The van der Waals surface area contributed by atoms with Crippen molar-refractivity contribution in [3.05, 3.63) is 54.5 Å². The van der Waals surface area contributed by atoms with Crippen molar-refractivity contribution >= 4 is 53.6 Å². The second kappa shape index (κ2) is 9.78. The average molecular weight is 527 g/mol. The van der Waals surface area contributed by atoms with E-state index in [-0.39, 0.29) is 24.3 Å². The maximum Gasteiger partial charge on any atom is 0.410 e. The lowest BCUT2D eigenvalue weighted by Crippen LogP contribution is -2.41. The number of nitrogens with zero attached hydrogens (tertiary/aromatic N) is 6. The topological polar surface area (TPSA) is 75.9 Å². The predicted octanol–water partition coefficient (Wildman–Crippen LogP) is 6.24. The number of carbonyl (C=O) groups is 1. The second-order valence-electron chi connectivity index (χ2n) is 9.83. The molecule has 1 amide bonds. The van der Waals surface area contributed by atoms with E-state index in [2.05, 4.69) is 29.0 Å². The number of fused-ring (bicyclic) bond motifs is 2. The number of para-hydroxylation sites is 1. The molecule has 36 heavy (non-hydrogen) atoms. The maximum absolute atomic E-state index is 13.6. The van der Waals surface area contributed by atoms with Crippen LogP contribution >= 0.6 is 25.1 Å². The summed E-state index contributed by atoms with van der Waals surface area (Å²) in [6, 6.07) is 11.8. The van der Waals surface area contributed by atoms with Gasteiger partial charge in [-0.25, -0.2) is 13.5 Å². The van der Waals surface area contributed by atoms with Gasteiger partial charge in [0.05, 0.1) is 11.7 Å². The third-order valence-corrected chi connectivity index (χ3v) is 6.91. The number of aromatic nitrogens is 4. The summed E-state index contributed by atoms with van der Waals surface area (Å²) in [7, 11) is 0. The molecule has 0 aliphatic carbocycles. The molecular weight excluding hydrogens is 499 g/mol. The summed E-state index contributed by atoms with van der Waals surface area (Å²) < 4.78 is 21.8. The lowest BCUT2D eigenvalue weighted by molar-refractivity contribution is 0.0204. The number of thiol groups is 1. The first kappa shape index (κ1) is 24.6. The second-order valence-corrected chi connectivity index (χ2v) is 11.0. The zero-order valence-electron chi connectivity index (χ0n) is 20.3. The summed E-state index contributed by atoms with van der Waals surface area (Å²) in [4.78, 5) is 23.8. The molecular formula is C25H27FN6O2S2. The Bertz CT molecular complexity index is 1410. The molecule has 1 fully saturated rings. The molecule has 4 heterocycles. The van der Waals surface area contributed by atoms with Crippen molar-refractivity contribution in [2.45, 2.75) is 45.1 Å². The minimum Gasteiger partial charge on any atom is -0.444 e. The fraction of sp³-hybridized carbons (Fsp3) is 0.360. The van der Waals surface area contributed by atoms with E-state index in [9.17, 15) is 8.68 Å². The van der Waals surface area contributed by atoms with Gasteiger partial charge in [-0.05, 0) is 45.7 Å². The molecule has 0 radical (unpaired) electrons. The molecule has 1 aliphatic heterocycles. The summed E-state index contributed by atoms with van der Waals surface area (Å²) in [6.07, 6.45) is 4.66. The zero-order chi connectivity index (χ0) is 25.4. The van der Waals surface area contributed by atoms with E-state index < -0.39 is 5.60 Å². The van der Waals surface area contributed by atoms with E-state index in [0.29, 0.717) is 24.6 Å². The number of carbonyl (C=O) groups excluding carboxylic acids is 1. The van der Waals surface area contributed by atoms with Crippen LogP contribution in [0, 0.1) is 0 Å². The van der Waals surface area contributed by atoms with Crippen molar-refractivity contribution in [2.75, 3.05) is 16.8 Å². The van der Waals surface area contributed by atoms with Gasteiger partial charge in [0.2, 0.25) is 0 Å². The van der Waals surface area contributed by atoms with Gasteiger partial charge >= 0.3 is 6.09 Å². The third-order valence-electron chi connectivity index (χ3n) is 6.20. The number of ether oxygens (including phenoxy) is 1. The molecule has 0 N–H and O–H groups in total. The fourth-order valence-electron chi connectivity index (χ4n) is 4.45. The van der Waals surface area contributed by atoms with Gasteiger partial charge in [-0.3, -0.25) is 4.98 Å². The van der Waals surface area contributed by atoms with E-state index in [1.54, 1.807) is 21.8 Å². The van der Waals surface area contributed by atoms with Crippen LogP contribution in [-0.2, 0) is 4.74 Å². The Labute approximate surface area is 218 Å². The molecule has 1 aliphatic rings. The highest BCUT2D eigenvalue weighted by molar-refractivity contribution is 8.08. The Balaban J connectivity index is 1.49. The maximum atomic E-state index is 13.6. The van der Waals surface area contributed by atoms with Gasteiger partial charge in [0, 0.05) is 53.5 Å². The van der Waals surface area contributed by atoms with Gasteiger partial charge in [-0.2, -0.15) is 9.61 Å². The lowest BCUT2D eigenvalue weighted by atomic mass is 9.93. The van der Waals surface area contributed by atoms with Crippen LogP contribution in [0.15, 0.2) is 48.8 Å². The van der Waals surface area contributed by atoms with Crippen molar-refractivity contribution in [1.82, 2.24) is 24.5 Å². The quantitative estimate of drug-likeness (QED) is 0.249. The highest BCUT2D eigenvalue weighted by Crippen LogP contribution is 2.35. The van der Waals surface area contributed by atoms with Crippen LogP contribution in [0.3, 0.4) is 0 Å². The Morgan fingerprint density at radius 3 is 2.67 bits per heavy atom. The smallest absolute Gasteiger partial charge is 0.410 e. The highest BCUT2D eigenvalue weighted by Gasteiger charge is 2.29. The van der Waals surface area contributed by atoms with Crippen molar-refractivity contribution in [2.24, 2.45) is 0 Å². The summed E-state index contributed by atoms with van der Waals surface area (Å²) in [5.41, 5.74) is 3.45. The number of hydrogen-bond donors (Lipinski definition) is 1. The van der Waals surface area contributed by atoms with Crippen molar-refractivity contribution in [3.63, 3.8) is 0 Å². The Morgan fingerprint density at radius 2 is 1.94 bits per heavy atom. The van der Waals surface area contributed by atoms with Gasteiger partial charge < -0.3 is 9.64 Å². The number of rotatable bonds is 4. The number of halogens is 1. The van der Waals surface area contributed by atoms with Crippen LogP contribution in [0.4, 0.5) is 14.5 Å². The number of anilines is 1. The van der Waals surface area contributed by atoms with E-state index in [1.165, 1.54) is 0 Å². The van der Waals surface area contributed by atoms with Crippen LogP contribution in [0.25, 0.3) is 27.7 Å². The zero-order valence-corrected chi connectivity index (χ0v) is 22.0. The molecule has 4 aromatic rings. The van der Waals surface area contributed by atoms with E-state index in [0.717, 1.165) is 44.3 Å². The molecule has 0 atom stereocenters. The number of hydrogen-bond acceptors (Lipinski definition) is 8. The molecule has 11 heteroatoms. The van der Waals surface area contributed by atoms with Gasteiger partial charge in [-0.15, -0.1) is 3.89 Å². The van der Waals surface area contributed by atoms with Crippen molar-refractivity contribution in [1.29, 1.82) is 0 Å². The Morgan fingerprint density at radius 1 is 1.19 bits per heavy atom. The first-order valence-electron chi connectivity index (χ1n) is 11.7. The van der Waals surface area contributed by atoms with Crippen LogP contribution in [0.2, 0.25) is 0 Å². The Hall–Kier alpha value is -3.05. The Kier molecular flexibility index (Phi) is 6.69. The van der Waals surface area contributed by atoms with Gasteiger partial charge in [-0.1, -0.05) is 31.0 Å². The minimum atomic E-state index is -0.536. The molecule has 0 spiro atoms. The van der Waals surface area contributed by atoms with Crippen molar-refractivity contribution in [3.8, 4) is 11.1 Å². The van der Waals surface area contributed by atoms with Crippen LogP contribution in [0.5, 0.6) is 0 Å². The van der Waals surface area contributed by atoms with Crippen LogP contribution in [0.1, 0.15) is 45.2 Å². The molecule has 1 aromatic carbocycles. The van der Waals surface area contributed by atoms with Gasteiger partial charge in [0.25, 0.3) is 0 Å². The number of benzene rings is 1. The summed E-state index contributed by atoms with van der Waals surface area (Å²) >= 11 is 4.27. The summed E-state index contributed by atoms with van der Waals surface area (Å²) in [5, 5.41) is 5.50. The minimum absolute atomic E-state index is 0.00830. The standard InChI is InChI=1S/C25H27FN6O2S2/c1-25(2,3)34-24(33)30-10-8-16(9-11-30)21-13-22(32(35)36-26)31-23(29-21)19(15-28-31)18-12-17-6-4-5-7-20(17)27-14-18/h4-7,12-16,35H,8-11H2,1-3H3. The predicted molar refractivity (Wildman–Crippen MR) is 144 cm³/mol. The molecule has 3 aromatic heterocycles. The first-order valence-corrected chi connectivity index (χ1v) is 12.8. The summed E-state index contributed by atoms with van der Waals surface area (Å²) in [6.45, 7) is 6.70. The number of pyridine rings is 1. The van der Waals surface area contributed by atoms with Crippen LogP contribution < -0.4 is 3.71 Å². The molecule has 0 saturated carbocycles. The highest BCUT2D eigenvalue weighted by atomic mass is 32.2. The van der Waals surface area contributed by atoms with E-state index >= 15 is 0 Å². The first-order chi connectivity index (χ1) is 17.2. The van der Waals surface area contributed by atoms with E-state index in [4.69, 9.17) is 9.72 Å². The molecule has 188 valence electrons. The molecule has 5 rings (SSSR count). The molecule has 0 bridgehead atoms. The molecule has 0 unspecified atom stereocenters. The number of amides is 1. The monoisotopic (exact) mass is 526 g/mol. The number of piperidine rings is 1. The third kappa shape index (κ3) is 4.94. The van der Waals surface area contributed by atoms with Gasteiger partial charge in [0.15, 0.2) is 23.8 Å². The number of likely N-dealkylation sites (tertiary alicyclic amines) is 1. The lowest BCUT2D eigenvalue weighted by Gasteiger charge is -2.33. The molecule has 1 saturated heterocycles. The van der Waals surface area contributed by atoms with E-state index in [1.807, 2.05) is 51.1 Å². The van der Waals surface area contributed by atoms with Crippen molar-refractivity contribution < 1.29 is 13.4 Å². The fourth-order valence-corrected chi connectivity index (χ4v) is 4.80. The average Bonchev–Trinajstić information content (AvgIpc) is 3.30. The van der Waals surface area contributed by atoms with Crippen LogP contribution in [-0.4, -0.2) is 49.3 Å². The molecule has 8 nitrogen and oxygen atoms in total. The largest absolute Gasteiger partial charge is 0.444 e. The van der Waals surface area contributed by atoms with Gasteiger partial charge in [0.1, 0.15) is 5.60 Å². The summed E-state index contributed by atoms with van der Waals surface area (Å²) in [5.74, 6) is 0.552.